The maximum atomic E-state index is 12.8. The normalized spacial score (nSPS) is 14.8. The van der Waals surface area contributed by atoms with E-state index < -0.39 is 11.7 Å². The van der Waals surface area contributed by atoms with Crippen LogP contribution in [0, 0.1) is 0 Å². The molecule has 28 heavy (non-hydrogen) atoms. The minimum absolute atomic E-state index is 0.135. The maximum absolute atomic E-state index is 12.8. The SMILES string of the molecule is COc1cc(OC)cc(C(=O)N2CCN(c3ccc(C(F)(F)F)cc3)CC2)c1. The van der Waals surface area contributed by atoms with Crippen molar-refractivity contribution in [1.82, 2.24) is 4.90 Å². The predicted molar refractivity (Wildman–Crippen MR) is 99.1 cm³/mol. The molecule has 0 bridgehead atoms. The summed E-state index contributed by atoms with van der Waals surface area (Å²) in [6.45, 7) is 2.02. The van der Waals surface area contributed by atoms with E-state index >= 15 is 0 Å². The van der Waals surface area contributed by atoms with Crippen LogP contribution in [0.5, 0.6) is 11.5 Å². The van der Waals surface area contributed by atoms with Gasteiger partial charge >= 0.3 is 6.18 Å². The van der Waals surface area contributed by atoms with Gasteiger partial charge in [0.25, 0.3) is 5.91 Å². The number of benzene rings is 2. The Bertz CT molecular complexity index is 807. The molecule has 1 aliphatic heterocycles. The Labute approximate surface area is 161 Å². The van der Waals surface area contributed by atoms with Crippen LogP contribution in [0.4, 0.5) is 18.9 Å². The zero-order valence-electron chi connectivity index (χ0n) is 15.6. The molecule has 1 saturated heterocycles. The molecule has 150 valence electrons. The lowest BCUT2D eigenvalue weighted by Gasteiger charge is -2.36. The van der Waals surface area contributed by atoms with E-state index in [0.29, 0.717) is 48.9 Å². The second kappa shape index (κ2) is 8.00. The average molecular weight is 394 g/mol. The number of piperazine rings is 1. The largest absolute Gasteiger partial charge is 0.497 e. The number of alkyl halides is 3. The van der Waals surface area contributed by atoms with Gasteiger partial charge in [0.15, 0.2) is 0 Å². The van der Waals surface area contributed by atoms with Gasteiger partial charge in [-0.05, 0) is 36.4 Å². The van der Waals surface area contributed by atoms with Gasteiger partial charge in [0.05, 0.1) is 19.8 Å². The van der Waals surface area contributed by atoms with E-state index in [4.69, 9.17) is 9.47 Å². The zero-order chi connectivity index (χ0) is 20.3. The van der Waals surface area contributed by atoms with E-state index in [2.05, 4.69) is 0 Å². The standard InChI is InChI=1S/C20H21F3N2O3/c1-27-17-11-14(12-18(13-17)28-2)19(26)25-9-7-24(8-10-25)16-5-3-15(4-6-16)20(21,22)23/h3-6,11-13H,7-10H2,1-2H3. The molecule has 0 spiro atoms. The molecule has 0 aliphatic carbocycles. The number of hydrogen-bond donors (Lipinski definition) is 0. The van der Waals surface area contributed by atoms with E-state index in [1.165, 1.54) is 26.4 Å². The summed E-state index contributed by atoms with van der Waals surface area (Å²) < 4.78 is 48.5. The molecule has 0 unspecified atom stereocenters. The van der Waals surface area contributed by atoms with Crippen molar-refractivity contribution in [2.24, 2.45) is 0 Å². The molecule has 0 aromatic heterocycles. The summed E-state index contributed by atoms with van der Waals surface area (Å²) in [5.41, 5.74) is 0.513. The number of rotatable bonds is 4. The third-order valence-electron chi connectivity index (χ3n) is 4.73. The summed E-state index contributed by atoms with van der Waals surface area (Å²) >= 11 is 0. The number of ether oxygens (including phenoxy) is 2. The average Bonchev–Trinajstić information content (AvgIpc) is 2.72. The van der Waals surface area contributed by atoms with Crippen LogP contribution >= 0.6 is 0 Å². The zero-order valence-corrected chi connectivity index (χ0v) is 15.6. The van der Waals surface area contributed by atoms with E-state index in [1.807, 2.05) is 4.90 Å². The molecule has 0 saturated carbocycles. The molecule has 0 N–H and O–H groups in total. The van der Waals surface area contributed by atoms with Gasteiger partial charge in [-0.2, -0.15) is 13.2 Å². The molecule has 1 aliphatic rings. The number of carbonyl (C=O) groups excluding carboxylic acids is 1. The number of hydrogen-bond acceptors (Lipinski definition) is 4. The van der Waals surface area contributed by atoms with Crippen molar-refractivity contribution >= 4 is 11.6 Å². The first-order valence-electron chi connectivity index (χ1n) is 8.76. The van der Waals surface area contributed by atoms with Gasteiger partial charge in [-0.1, -0.05) is 0 Å². The topological polar surface area (TPSA) is 42.0 Å². The molecular formula is C20H21F3N2O3. The van der Waals surface area contributed by atoms with Crippen LogP contribution in [-0.4, -0.2) is 51.2 Å². The summed E-state index contributed by atoms with van der Waals surface area (Å²) in [6.07, 6.45) is -4.35. The number of amides is 1. The van der Waals surface area contributed by atoms with E-state index in [1.54, 1.807) is 23.1 Å². The van der Waals surface area contributed by atoms with Crippen LogP contribution in [-0.2, 0) is 6.18 Å². The molecule has 3 rings (SSSR count). The van der Waals surface area contributed by atoms with Gasteiger partial charge in [0.2, 0.25) is 0 Å². The summed E-state index contributed by atoms with van der Waals surface area (Å²) in [6, 6.07) is 10.1. The van der Waals surface area contributed by atoms with Crippen LogP contribution in [0.1, 0.15) is 15.9 Å². The highest BCUT2D eigenvalue weighted by atomic mass is 19.4. The predicted octanol–water partition coefficient (Wildman–Crippen LogP) is 3.69. The Morgan fingerprint density at radius 1 is 0.893 bits per heavy atom. The molecule has 5 nitrogen and oxygen atoms in total. The van der Waals surface area contributed by atoms with Crippen molar-refractivity contribution in [3.05, 3.63) is 53.6 Å². The third-order valence-corrected chi connectivity index (χ3v) is 4.73. The van der Waals surface area contributed by atoms with Crippen LogP contribution < -0.4 is 14.4 Å². The summed E-state index contributed by atoms with van der Waals surface area (Å²) in [7, 11) is 3.04. The van der Waals surface area contributed by atoms with Crippen molar-refractivity contribution in [3.8, 4) is 11.5 Å². The number of nitrogens with zero attached hydrogens (tertiary/aromatic N) is 2. The highest BCUT2D eigenvalue weighted by molar-refractivity contribution is 5.95. The van der Waals surface area contributed by atoms with Gasteiger partial charge in [-0.3, -0.25) is 4.79 Å². The number of halogens is 3. The summed E-state index contributed by atoms with van der Waals surface area (Å²) in [4.78, 5) is 16.5. The maximum Gasteiger partial charge on any atom is 0.416 e. The fourth-order valence-corrected chi connectivity index (χ4v) is 3.14. The Kier molecular flexibility index (Phi) is 5.67. The van der Waals surface area contributed by atoms with Gasteiger partial charge in [0.1, 0.15) is 11.5 Å². The first-order chi connectivity index (χ1) is 13.3. The van der Waals surface area contributed by atoms with E-state index in [-0.39, 0.29) is 5.91 Å². The minimum Gasteiger partial charge on any atom is -0.497 e. The van der Waals surface area contributed by atoms with Crippen molar-refractivity contribution in [1.29, 1.82) is 0 Å². The number of methoxy groups -OCH3 is 2. The Morgan fingerprint density at radius 3 is 1.89 bits per heavy atom. The molecule has 2 aromatic carbocycles. The van der Waals surface area contributed by atoms with Gasteiger partial charge in [0, 0.05) is 43.5 Å². The van der Waals surface area contributed by atoms with Gasteiger partial charge in [-0.25, -0.2) is 0 Å². The first kappa shape index (κ1) is 19.9. The smallest absolute Gasteiger partial charge is 0.416 e. The van der Waals surface area contributed by atoms with Gasteiger partial charge < -0.3 is 19.3 Å². The van der Waals surface area contributed by atoms with E-state index in [0.717, 1.165) is 12.1 Å². The Balaban J connectivity index is 1.66. The van der Waals surface area contributed by atoms with Crippen LogP contribution in [0.15, 0.2) is 42.5 Å². The Hall–Kier alpha value is -2.90. The van der Waals surface area contributed by atoms with Crippen LogP contribution in [0.25, 0.3) is 0 Å². The lowest BCUT2D eigenvalue weighted by Crippen LogP contribution is -2.48. The fraction of sp³-hybridized carbons (Fsp3) is 0.350. The first-order valence-corrected chi connectivity index (χ1v) is 8.76. The monoisotopic (exact) mass is 394 g/mol. The summed E-state index contributed by atoms with van der Waals surface area (Å²) in [5.74, 6) is 0.932. The van der Waals surface area contributed by atoms with Crippen molar-refractivity contribution in [2.45, 2.75) is 6.18 Å². The molecule has 0 radical (unpaired) electrons. The molecule has 1 amide bonds. The lowest BCUT2D eigenvalue weighted by molar-refractivity contribution is -0.137. The highest BCUT2D eigenvalue weighted by Gasteiger charge is 2.30. The molecule has 2 aromatic rings. The van der Waals surface area contributed by atoms with Gasteiger partial charge in [-0.15, -0.1) is 0 Å². The quantitative estimate of drug-likeness (QED) is 0.793. The molecule has 0 atom stereocenters. The fourth-order valence-electron chi connectivity index (χ4n) is 3.14. The second-order valence-electron chi connectivity index (χ2n) is 6.43. The highest BCUT2D eigenvalue weighted by Crippen LogP contribution is 2.31. The number of anilines is 1. The lowest BCUT2D eigenvalue weighted by atomic mass is 10.1. The van der Waals surface area contributed by atoms with Crippen molar-refractivity contribution in [2.75, 3.05) is 45.3 Å². The van der Waals surface area contributed by atoms with E-state index in [9.17, 15) is 18.0 Å². The second-order valence-corrected chi connectivity index (χ2v) is 6.43. The molecular weight excluding hydrogens is 373 g/mol. The number of carbonyl (C=O) groups is 1. The minimum atomic E-state index is -4.35. The van der Waals surface area contributed by atoms with Crippen molar-refractivity contribution in [3.63, 3.8) is 0 Å². The van der Waals surface area contributed by atoms with Crippen LogP contribution in [0.2, 0.25) is 0 Å². The molecule has 1 fully saturated rings. The third kappa shape index (κ3) is 4.32. The summed E-state index contributed by atoms with van der Waals surface area (Å²) in [5, 5.41) is 0. The molecule has 1 heterocycles. The molecule has 8 heteroatoms. The van der Waals surface area contributed by atoms with Crippen LogP contribution in [0.3, 0.4) is 0 Å². The Morgan fingerprint density at radius 2 is 1.43 bits per heavy atom. The van der Waals surface area contributed by atoms with Crippen molar-refractivity contribution < 1.29 is 27.4 Å².